The van der Waals surface area contributed by atoms with Gasteiger partial charge in [0.1, 0.15) is 5.52 Å². The Balaban J connectivity index is 1.64. The first-order valence-corrected chi connectivity index (χ1v) is 10.2. The lowest BCUT2D eigenvalue weighted by atomic mass is 10.1. The van der Waals surface area contributed by atoms with Gasteiger partial charge in [-0.15, -0.1) is 13.2 Å². The number of amides is 1. The maximum absolute atomic E-state index is 12.9. The van der Waals surface area contributed by atoms with Crippen LogP contribution in [-0.4, -0.2) is 39.3 Å². The summed E-state index contributed by atoms with van der Waals surface area (Å²) >= 11 is 0. The van der Waals surface area contributed by atoms with E-state index in [9.17, 15) is 18.0 Å². The van der Waals surface area contributed by atoms with Gasteiger partial charge in [-0.05, 0) is 62.2 Å². The van der Waals surface area contributed by atoms with Gasteiger partial charge in [-0.25, -0.2) is 15.0 Å². The van der Waals surface area contributed by atoms with E-state index in [0.29, 0.717) is 28.0 Å². The molecular formula is C24H20F3N5O2. The summed E-state index contributed by atoms with van der Waals surface area (Å²) in [7, 11) is 1.70. The van der Waals surface area contributed by atoms with Crippen LogP contribution in [0.4, 0.5) is 18.9 Å². The number of nitrogens with zero attached hydrogens (tertiary/aromatic N) is 5. The van der Waals surface area contributed by atoms with Crippen LogP contribution in [0.2, 0.25) is 0 Å². The standard InChI is InChI=1S/C24H20F3N5O2/c1-13-9-16(5-6-19(13)32(4)23(33)17-7-8-28-15(3)11-17)22-29-12-18-21(31-22)14(2)10-20(30-18)34-24(25,26)27/h5-12H,1-4H3. The van der Waals surface area contributed by atoms with Gasteiger partial charge in [-0.2, -0.15) is 0 Å². The van der Waals surface area contributed by atoms with Gasteiger partial charge in [0.15, 0.2) is 5.82 Å². The summed E-state index contributed by atoms with van der Waals surface area (Å²) in [6, 6.07) is 10.0. The molecule has 0 atom stereocenters. The lowest BCUT2D eigenvalue weighted by molar-refractivity contribution is -0.276. The van der Waals surface area contributed by atoms with Crippen LogP contribution in [0, 0.1) is 20.8 Å². The summed E-state index contributed by atoms with van der Waals surface area (Å²) in [5.41, 5.74) is 4.60. The Labute approximate surface area is 193 Å². The predicted octanol–water partition coefficient (Wildman–Crippen LogP) is 5.19. The highest BCUT2D eigenvalue weighted by atomic mass is 19.4. The molecule has 0 unspecified atom stereocenters. The number of alkyl halides is 3. The zero-order chi connectivity index (χ0) is 24.6. The number of carbonyl (C=O) groups is 1. The van der Waals surface area contributed by atoms with E-state index in [1.807, 2.05) is 19.9 Å². The monoisotopic (exact) mass is 467 g/mol. The topological polar surface area (TPSA) is 81.1 Å². The Kier molecular flexibility index (Phi) is 5.90. The number of rotatable bonds is 4. The first kappa shape index (κ1) is 23.1. The first-order chi connectivity index (χ1) is 16.0. The fourth-order valence-electron chi connectivity index (χ4n) is 3.61. The van der Waals surface area contributed by atoms with Crippen molar-refractivity contribution in [2.24, 2.45) is 0 Å². The van der Waals surface area contributed by atoms with Crippen molar-refractivity contribution in [1.29, 1.82) is 0 Å². The largest absolute Gasteiger partial charge is 0.574 e. The van der Waals surface area contributed by atoms with Gasteiger partial charge < -0.3 is 9.64 Å². The van der Waals surface area contributed by atoms with Gasteiger partial charge in [0.05, 0.1) is 11.7 Å². The van der Waals surface area contributed by atoms with Crippen LogP contribution in [0.1, 0.15) is 27.2 Å². The van der Waals surface area contributed by atoms with Crippen molar-refractivity contribution in [3.8, 4) is 17.3 Å². The molecule has 10 heteroatoms. The normalized spacial score (nSPS) is 11.5. The van der Waals surface area contributed by atoms with Crippen LogP contribution in [-0.2, 0) is 0 Å². The van der Waals surface area contributed by atoms with Gasteiger partial charge in [0, 0.05) is 41.8 Å². The van der Waals surface area contributed by atoms with Crippen LogP contribution in [0.5, 0.6) is 5.88 Å². The molecule has 1 amide bonds. The number of hydrogen-bond donors (Lipinski definition) is 0. The van der Waals surface area contributed by atoms with E-state index in [2.05, 4.69) is 24.7 Å². The number of anilines is 1. The zero-order valence-electron chi connectivity index (χ0n) is 18.8. The second-order valence-corrected chi connectivity index (χ2v) is 7.80. The third-order valence-electron chi connectivity index (χ3n) is 5.20. The smallest absolute Gasteiger partial charge is 0.388 e. The highest BCUT2D eigenvalue weighted by Crippen LogP contribution is 2.29. The lowest BCUT2D eigenvalue weighted by Crippen LogP contribution is -2.27. The summed E-state index contributed by atoms with van der Waals surface area (Å²) in [5, 5.41) is 0. The molecule has 0 N–H and O–H groups in total. The lowest BCUT2D eigenvalue weighted by Gasteiger charge is -2.20. The fourth-order valence-corrected chi connectivity index (χ4v) is 3.61. The minimum absolute atomic E-state index is 0.165. The number of aromatic nitrogens is 4. The zero-order valence-corrected chi connectivity index (χ0v) is 18.8. The van der Waals surface area contributed by atoms with Gasteiger partial charge in [-0.1, -0.05) is 0 Å². The molecule has 4 aromatic rings. The van der Waals surface area contributed by atoms with E-state index in [-0.39, 0.29) is 11.4 Å². The van der Waals surface area contributed by atoms with Crippen LogP contribution in [0.3, 0.4) is 0 Å². The molecule has 0 saturated carbocycles. The molecule has 3 aromatic heterocycles. The number of pyridine rings is 2. The number of benzene rings is 1. The third kappa shape index (κ3) is 4.80. The molecule has 0 aliphatic heterocycles. The minimum Gasteiger partial charge on any atom is -0.388 e. The molecule has 1 aromatic carbocycles. The molecular weight excluding hydrogens is 447 g/mol. The number of ether oxygens (including phenoxy) is 1. The molecule has 0 aliphatic carbocycles. The van der Waals surface area contributed by atoms with E-state index < -0.39 is 12.2 Å². The van der Waals surface area contributed by atoms with Crippen LogP contribution < -0.4 is 9.64 Å². The highest BCUT2D eigenvalue weighted by molar-refractivity contribution is 6.06. The maximum Gasteiger partial charge on any atom is 0.574 e. The predicted molar refractivity (Wildman–Crippen MR) is 121 cm³/mol. The molecule has 0 saturated heterocycles. The molecule has 0 aliphatic rings. The number of carbonyl (C=O) groups excluding carboxylic acids is 1. The van der Waals surface area contributed by atoms with E-state index in [0.717, 1.165) is 16.9 Å². The quantitative estimate of drug-likeness (QED) is 0.411. The average molecular weight is 467 g/mol. The molecule has 0 spiro atoms. The Morgan fingerprint density at radius 3 is 2.41 bits per heavy atom. The van der Waals surface area contributed by atoms with Crippen molar-refractivity contribution >= 4 is 22.6 Å². The molecule has 0 fully saturated rings. The SMILES string of the molecule is Cc1cc(C(=O)N(C)c2ccc(-c3ncc4nc(OC(F)(F)F)cc(C)c4n3)cc2C)ccn1. The molecule has 34 heavy (non-hydrogen) atoms. The second-order valence-electron chi connectivity index (χ2n) is 7.80. The number of hydrogen-bond acceptors (Lipinski definition) is 6. The van der Waals surface area contributed by atoms with Gasteiger partial charge in [0.25, 0.3) is 5.91 Å². The molecule has 0 bridgehead atoms. The van der Waals surface area contributed by atoms with E-state index >= 15 is 0 Å². The summed E-state index contributed by atoms with van der Waals surface area (Å²) in [4.78, 5) is 31.2. The van der Waals surface area contributed by atoms with Crippen molar-refractivity contribution in [3.05, 3.63) is 71.2 Å². The summed E-state index contributed by atoms with van der Waals surface area (Å²) < 4.78 is 41.5. The molecule has 4 rings (SSSR count). The van der Waals surface area contributed by atoms with Crippen molar-refractivity contribution in [2.45, 2.75) is 27.1 Å². The molecule has 7 nitrogen and oxygen atoms in total. The Hall–Kier alpha value is -4.08. The third-order valence-corrected chi connectivity index (χ3v) is 5.20. The minimum atomic E-state index is -4.84. The van der Waals surface area contributed by atoms with Crippen LogP contribution >= 0.6 is 0 Å². The molecule has 3 heterocycles. The van der Waals surface area contributed by atoms with Crippen LogP contribution in [0.15, 0.2) is 48.8 Å². The first-order valence-electron chi connectivity index (χ1n) is 10.2. The van der Waals surface area contributed by atoms with Crippen LogP contribution in [0.25, 0.3) is 22.4 Å². The summed E-state index contributed by atoms with van der Waals surface area (Å²) in [5.74, 6) is -0.344. The molecule has 174 valence electrons. The van der Waals surface area contributed by atoms with Gasteiger partial charge in [-0.3, -0.25) is 9.78 Å². The summed E-state index contributed by atoms with van der Waals surface area (Å²) in [6.45, 7) is 5.32. The van der Waals surface area contributed by atoms with Crippen molar-refractivity contribution < 1.29 is 22.7 Å². The van der Waals surface area contributed by atoms with Crippen molar-refractivity contribution in [1.82, 2.24) is 19.9 Å². The van der Waals surface area contributed by atoms with E-state index in [4.69, 9.17) is 0 Å². The van der Waals surface area contributed by atoms with Crippen molar-refractivity contribution in [2.75, 3.05) is 11.9 Å². The Bertz CT molecular complexity index is 1410. The summed E-state index contributed by atoms with van der Waals surface area (Å²) in [6.07, 6.45) is -1.88. The van der Waals surface area contributed by atoms with Gasteiger partial charge in [0.2, 0.25) is 5.88 Å². The fraction of sp³-hybridized carbons (Fsp3) is 0.208. The maximum atomic E-state index is 12.9. The van der Waals surface area contributed by atoms with E-state index in [1.165, 1.54) is 12.3 Å². The second kappa shape index (κ2) is 8.69. The Morgan fingerprint density at radius 1 is 0.971 bits per heavy atom. The number of aryl methyl sites for hydroxylation is 3. The van der Waals surface area contributed by atoms with E-state index in [1.54, 1.807) is 49.3 Å². The highest BCUT2D eigenvalue weighted by Gasteiger charge is 2.32. The molecule has 0 radical (unpaired) electrons. The Morgan fingerprint density at radius 2 is 1.74 bits per heavy atom. The number of fused-ring (bicyclic) bond motifs is 1. The van der Waals surface area contributed by atoms with Crippen molar-refractivity contribution in [3.63, 3.8) is 0 Å². The number of halogens is 3. The van der Waals surface area contributed by atoms with Gasteiger partial charge >= 0.3 is 6.36 Å². The average Bonchev–Trinajstić information content (AvgIpc) is 2.77.